The van der Waals surface area contributed by atoms with Crippen molar-refractivity contribution in [3.63, 3.8) is 0 Å². The van der Waals surface area contributed by atoms with Crippen LogP contribution in [0.15, 0.2) is 36.4 Å². The highest BCUT2D eigenvalue weighted by Crippen LogP contribution is 2.25. The van der Waals surface area contributed by atoms with Crippen LogP contribution in [0.4, 0.5) is 10.1 Å². The van der Waals surface area contributed by atoms with E-state index >= 15 is 0 Å². The normalized spacial score (nSPS) is 14.0. The number of halogens is 1. The molecule has 0 saturated heterocycles. The molecule has 1 aliphatic rings. The summed E-state index contributed by atoms with van der Waals surface area (Å²) in [7, 11) is 0. The van der Waals surface area contributed by atoms with Crippen molar-refractivity contribution in [1.29, 1.82) is 0 Å². The Bertz CT molecular complexity index is 972. The van der Waals surface area contributed by atoms with Crippen molar-refractivity contribution in [1.82, 2.24) is 25.5 Å². The third-order valence-electron chi connectivity index (χ3n) is 4.59. The first kappa shape index (κ1) is 17.3. The van der Waals surface area contributed by atoms with Crippen molar-refractivity contribution in [2.75, 3.05) is 11.9 Å². The number of aromatic nitrogens is 4. The molecule has 0 fully saturated rings. The second-order valence-electron chi connectivity index (χ2n) is 6.71. The molecule has 2 aromatic carbocycles. The van der Waals surface area contributed by atoms with Crippen molar-refractivity contribution in [3.05, 3.63) is 58.9 Å². The first-order valence-corrected chi connectivity index (χ1v) is 8.72. The number of nitrogens with one attached hydrogen (secondary N) is 2. The largest absolute Gasteiger partial charge is 0.326 e. The van der Waals surface area contributed by atoms with Crippen molar-refractivity contribution in [2.24, 2.45) is 0 Å². The minimum Gasteiger partial charge on any atom is -0.326 e. The van der Waals surface area contributed by atoms with Crippen molar-refractivity contribution >= 4 is 11.6 Å². The molecule has 2 N–H and O–H groups in total. The van der Waals surface area contributed by atoms with Crippen LogP contribution >= 0.6 is 0 Å². The van der Waals surface area contributed by atoms with E-state index < -0.39 is 0 Å². The van der Waals surface area contributed by atoms with Gasteiger partial charge in [0.1, 0.15) is 5.82 Å². The Morgan fingerprint density at radius 3 is 2.93 bits per heavy atom. The standard InChI is InChI=1S/C19H19FN6O/c1-12(27)21-18-3-2-14-4-5-26(11-16(14)9-18)10-13-6-15(8-17(20)7-13)19-22-24-25-23-19/h2-3,6-9H,4-5,10-11H2,1H3,(H,21,27)(H,22,23,24,25). The quantitative estimate of drug-likeness (QED) is 0.741. The van der Waals surface area contributed by atoms with Gasteiger partial charge in [-0.15, -0.1) is 10.2 Å². The molecule has 1 aromatic heterocycles. The Morgan fingerprint density at radius 1 is 1.26 bits per heavy atom. The fraction of sp³-hybridized carbons (Fsp3) is 0.263. The average molecular weight is 366 g/mol. The predicted octanol–water partition coefficient (Wildman–Crippen LogP) is 2.52. The van der Waals surface area contributed by atoms with Gasteiger partial charge in [0.05, 0.1) is 0 Å². The first-order valence-electron chi connectivity index (χ1n) is 8.72. The summed E-state index contributed by atoms with van der Waals surface area (Å²) in [6.45, 7) is 3.75. The first-order chi connectivity index (χ1) is 13.1. The lowest BCUT2D eigenvalue weighted by molar-refractivity contribution is -0.114. The SMILES string of the molecule is CC(=O)Nc1ccc2c(c1)CN(Cc1cc(F)cc(-c3nn[nH]n3)c1)CC2. The highest BCUT2D eigenvalue weighted by atomic mass is 19.1. The topological polar surface area (TPSA) is 86.8 Å². The maximum absolute atomic E-state index is 14.0. The molecule has 0 saturated carbocycles. The third-order valence-corrected chi connectivity index (χ3v) is 4.59. The van der Waals surface area contributed by atoms with E-state index in [-0.39, 0.29) is 11.7 Å². The summed E-state index contributed by atoms with van der Waals surface area (Å²) < 4.78 is 14.0. The van der Waals surface area contributed by atoms with Crippen LogP contribution in [0.2, 0.25) is 0 Å². The van der Waals surface area contributed by atoms with Gasteiger partial charge in [0, 0.05) is 37.8 Å². The Morgan fingerprint density at radius 2 is 2.15 bits per heavy atom. The number of aromatic amines is 1. The van der Waals surface area contributed by atoms with Crippen LogP contribution in [0.25, 0.3) is 11.4 Å². The van der Waals surface area contributed by atoms with Crippen LogP contribution in [0, 0.1) is 5.82 Å². The predicted molar refractivity (Wildman–Crippen MR) is 98.1 cm³/mol. The number of benzene rings is 2. The zero-order chi connectivity index (χ0) is 18.8. The van der Waals surface area contributed by atoms with E-state index in [0.29, 0.717) is 17.9 Å². The fourth-order valence-electron chi connectivity index (χ4n) is 3.44. The fourth-order valence-corrected chi connectivity index (χ4v) is 3.44. The molecule has 27 heavy (non-hydrogen) atoms. The van der Waals surface area contributed by atoms with Gasteiger partial charge in [-0.3, -0.25) is 9.69 Å². The van der Waals surface area contributed by atoms with Gasteiger partial charge in [-0.05, 0) is 58.7 Å². The molecule has 2 heterocycles. The van der Waals surface area contributed by atoms with Crippen LogP contribution in [-0.4, -0.2) is 38.0 Å². The maximum Gasteiger partial charge on any atom is 0.221 e. The van der Waals surface area contributed by atoms with E-state index in [4.69, 9.17) is 0 Å². The van der Waals surface area contributed by atoms with Crippen molar-refractivity contribution in [2.45, 2.75) is 26.4 Å². The third kappa shape index (κ3) is 4.01. The summed E-state index contributed by atoms with van der Waals surface area (Å²) in [6.07, 6.45) is 0.919. The second kappa shape index (κ2) is 7.24. The summed E-state index contributed by atoms with van der Waals surface area (Å²) in [5.74, 6) is -0.0336. The van der Waals surface area contributed by atoms with Gasteiger partial charge in [0.25, 0.3) is 0 Å². The van der Waals surface area contributed by atoms with Crippen LogP contribution in [-0.2, 0) is 24.3 Å². The van der Waals surface area contributed by atoms with Gasteiger partial charge in [-0.1, -0.05) is 6.07 Å². The average Bonchev–Trinajstić information content (AvgIpc) is 3.15. The lowest BCUT2D eigenvalue weighted by Gasteiger charge is -2.29. The zero-order valence-corrected chi connectivity index (χ0v) is 14.9. The summed E-state index contributed by atoms with van der Waals surface area (Å²) in [5, 5.41) is 16.6. The Hall–Kier alpha value is -3.13. The van der Waals surface area contributed by atoms with Crippen molar-refractivity contribution < 1.29 is 9.18 Å². The van der Waals surface area contributed by atoms with E-state index in [2.05, 4.69) is 36.9 Å². The lowest BCUT2D eigenvalue weighted by Crippen LogP contribution is -2.30. The Labute approximate surface area is 155 Å². The number of amides is 1. The summed E-state index contributed by atoms with van der Waals surface area (Å²) in [4.78, 5) is 13.5. The number of rotatable bonds is 4. The molecule has 0 aliphatic carbocycles. The Kier molecular flexibility index (Phi) is 4.64. The number of carbonyl (C=O) groups is 1. The summed E-state index contributed by atoms with van der Waals surface area (Å²) >= 11 is 0. The molecular weight excluding hydrogens is 347 g/mol. The van der Waals surface area contributed by atoms with Crippen LogP contribution in [0.5, 0.6) is 0 Å². The molecule has 3 aromatic rings. The van der Waals surface area contributed by atoms with Crippen LogP contribution < -0.4 is 5.32 Å². The van der Waals surface area contributed by atoms with Crippen LogP contribution in [0.3, 0.4) is 0 Å². The summed E-state index contributed by atoms with van der Waals surface area (Å²) in [6, 6.07) is 10.8. The number of carbonyl (C=O) groups excluding carboxylic acids is 1. The van der Waals surface area contributed by atoms with Gasteiger partial charge in [0.15, 0.2) is 0 Å². The molecule has 0 radical (unpaired) electrons. The molecule has 7 nitrogen and oxygen atoms in total. The highest BCUT2D eigenvalue weighted by molar-refractivity contribution is 5.88. The second-order valence-corrected chi connectivity index (χ2v) is 6.71. The molecule has 1 amide bonds. The summed E-state index contributed by atoms with van der Waals surface area (Å²) in [5.41, 5.74) is 4.72. The maximum atomic E-state index is 14.0. The number of nitrogens with zero attached hydrogens (tertiary/aromatic N) is 4. The minimum absolute atomic E-state index is 0.0867. The number of tetrazole rings is 1. The number of anilines is 1. The molecule has 4 rings (SSSR count). The smallest absolute Gasteiger partial charge is 0.221 e. The number of hydrogen-bond acceptors (Lipinski definition) is 5. The van der Waals surface area contributed by atoms with E-state index in [9.17, 15) is 9.18 Å². The molecule has 0 spiro atoms. The number of H-pyrrole nitrogens is 1. The number of hydrogen-bond donors (Lipinski definition) is 2. The molecule has 0 bridgehead atoms. The van der Waals surface area contributed by atoms with Crippen LogP contribution in [0.1, 0.15) is 23.6 Å². The van der Waals surface area contributed by atoms with E-state index in [0.717, 1.165) is 30.8 Å². The van der Waals surface area contributed by atoms with Crippen molar-refractivity contribution in [3.8, 4) is 11.4 Å². The molecule has 1 aliphatic heterocycles. The van der Waals surface area contributed by atoms with E-state index in [1.54, 1.807) is 0 Å². The van der Waals surface area contributed by atoms with Gasteiger partial charge >= 0.3 is 0 Å². The number of fused-ring (bicyclic) bond motifs is 1. The monoisotopic (exact) mass is 366 g/mol. The van der Waals surface area contributed by atoms with Gasteiger partial charge < -0.3 is 5.32 Å². The zero-order valence-electron chi connectivity index (χ0n) is 14.9. The molecule has 0 atom stereocenters. The van der Waals surface area contributed by atoms with Gasteiger partial charge in [-0.25, -0.2) is 4.39 Å². The highest BCUT2D eigenvalue weighted by Gasteiger charge is 2.18. The molecule has 138 valence electrons. The minimum atomic E-state index is -0.322. The molecule has 0 unspecified atom stereocenters. The van der Waals surface area contributed by atoms with E-state index in [1.807, 2.05) is 18.2 Å². The van der Waals surface area contributed by atoms with E-state index in [1.165, 1.54) is 30.2 Å². The molecular formula is C19H19FN6O. The Balaban J connectivity index is 1.52. The lowest BCUT2D eigenvalue weighted by atomic mass is 9.98. The van der Waals surface area contributed by atoms with Gasteiger partial charge in [-0.2, -0.15) is 5.21 Å². The molecule has 8 heteroatoms. The van der Waals surface area contributed by atoms with Gasteiger partial charge in [0.2, 0.25) is 11.7 Å².